The van der Waals surface area contributed by atoms with E-state index < -0.39 is 0 Å². The zero-order valence-corrected chi connectivity index (χ0v) is 6.78. The Morgan fingerprint density at radius 3 is 3.08 bits per heavy atom. The zero-order valence-electron chi connectivity index (χ0n) is 6.78. The fourth-order valence-electron chi connectivity index (χ4n) is 1.10. The molecule has 0 atom stereocenters. The van der Waals surface area contributed by atoms with Gasteiger partial charge >= 0.3 is 0 Å². The van der Waals surface area contributed by atoms with Crippen LogP contribution in [0.25, 0.3) is 10.9 Å². The number of hydrogen-bond donors (Lipinski definition) is 1. The maximum atomic E-state index is 4.21. The number of nitrogens with zero attached hydrogens (tertiary/aromatic N) is 2. The van der Waals surface area contributed by atoms with E-state index in [9.17, 15) is 0 Å². The van der Waals surface area contributed by atoms with E-state index in [1.807, 2.05) is 31.4 Å². The third kappa shape index (κ3) is 1.09. The lowest BCUT2D eigenvalue weighted by atomic mass is 10.3. The number of fused-ring (bicyclic) bond motifs is 1. The highest BCUT2D eigenvalue weighted by molar-refractivity contribution is 5.79. The summed E-state index contributed by atoms with van der Waals surface area (Å²) in [6.07, 6.45) is 3.59. The second-order valence-corrected chi connectivity index (χ2v) is 2.52. The Hall–Kier alpha value is -1.64. The van der Waals surface area contributed by atoms with Crippen molar-refractivity contribution in [3.05, 3.63) is 30.6 Å². The third-order valence-corrected chi connectivity index (χ3v) is 1.74. The highest BCUT2D eigenvalue weighted by Crippen LogP contribution is 2.12. The van der Waals surface area contributed by atoms with Gasteiger partial charge in [0, 0.05) is 30.9 Å². The molecule has 1 N–H and O–H groups in total. The molecule has 0 radical (unpaired) electrons. The van der Waals surface area contributed by atoms with Gasteiger partial charge in [0.15, 0.2) is 0 Å². The molecular formula is C9H9N3. The fourth-order valence-corrected chi connectivity index (χ4v) is 1.10. The van der Waals surface area contributed by atoms with E-state index in [1.165, 1.54) is 0 Å². The van der Waals surface area contributed by atoms with Gasteiger partial charge < -0.3 is 5.32 Å². The molecule has 0 fully saturated rings. The molecule has 0 aliphatic carbocycles. The molecule has 60 valence electrons. The summed E-state index contributed by atoms with van der Waals surface area (Å²) in [6.45, 7) is 0. The summed E-state index contributed by atoms with van der Waals surface area (Å²) in [6, 6.07) is 5.83. The van der Waals surface area contributed by atoms with E-state index in [0.29, 0.717) is 0 Å². The molecule has 2 rings (SSSR count). The quantitative estimate of drug-likeness (QED) is 0.687. The lowest BCUT2D eigenvalue weighted by Crippen LogP contribution is -1.91. The first-order chi connectivity index (χ1) is 5.90. The van der Waals surface area contributed by atoms with Crippen LogP contribution in [0.5, 0.6) is 0 Å². The van der Waals surface area contributed by atoms with E-state index in [4.69, 9.17) is 0 Å². The predicted molar refractivity (Wildman–Crippen MR) is 49.1 cm³/mol. The van der Waals surface area contributed by atoms with Gasteiger partial charge in [0.05, 0.1) is 5.52 Å². The SMILES string of the molecule is CNc1cc2ncccc2cn1. The molecule has 0 bridgehead atoms. The van der Waals surface area contributed by atoms with Crippen molar-refractivity contribution in [1.29, 1.82) is 0 Å². The molecule has 0 spiro atoms. The van der Waals surface area contributed by atoms with Gasteiger partial charge in [-0.15, -0.1) is 0 Å². The summed E-state index contributed by atoms with van der Waals surface area (Å²) in [5.41, 5.74) is 0.969. The van der Waals surface area contributed by atoms with Crippen molar-refractivity contribution in [2.24, 2.45) is 0 Å². The van der Waals surface area contributed by atoms with Gasteiger partial charge in [0.25, 0.3) is 0 Å². The number of aromatic nitrogens is 2. The van der Waals surface area contributed by atoms with Crippen LogP contribution in [0.3, 0.4) is 0 Å². The van der Waals surface area contributed by atoms with Crippen molar-refractivity contribution in [3.63, 3.8) is 0 Å². The number of rotatable bonds is 1. The van der Waals surface area contributed by atoms with Crippen LogP contribution in [-0.4, -0.2) is 17.0 Å². The predicted octanol–water partition coefficient (Wildman–Crippen LogP) is 1.67. The molecule has 12 heavy (non-hydrogen) atoms. The second kappa shape index (κ2) is 2.77. The van der Waals surface area contributed by atoms with Crippen LogP contribution in [0.15, 0.2) is 30.6 Å². The lowest BCUT2D eigenvalue weighted by Gasteiger charge is -1.99. The van der Waals surface area contributed by atoms with Crippen LogP contribution >= 0.6 is 0 Å². The van der Waals surface area contributed by atoms with E-state index in [1.54, 1.807) is 6.20 Å². The number of anilines is 1. The average molecular weight is 159 g/mol. The molecule has 0 saturated heterocycles. The molecule has 0 amide bonds. The van der Waals surface area contributed by atoms with E-state index in [2.05, 4.69) is 15.3 Å². The van der Waals surface area contributed by atoms with Crippen LogP contribution < -0.4 is 5.32 Å². The smallest absolute Gasteiger partial charge is 0.127 e. The molecule has 2 aromatic heterocycles. The van der Waals surface area contributed by atoms with Gasteiger partial charge in [-0.3, -0.25) is 4.98 Å². The lowest BCUT2D eigenvalue weighted by molar-refractivity contribution is 1.29. The highest BCUT2D eigenvalue weighted by Gasteiger charge is 1.94. The molecule has 0 unspecified atom stereocenters. The first-order valence-corrected chi connectivity index (χ1v) is 3.78. The number of nitrogens with one attached hydrogen (secondary N) is 1. The molecule has 3 heteroatoms. The van der Waals surface area contributed by atoms with Gasteiger partial charge in [0.1, 0.15) is 5.82 Å². The van der Waals surface area contributed by atoms with Gasteiger partial charge in [-0.05, 0) is 12.1 Å². The number of hydrogen-bond acceptors (Lipinski definition) is 3. The van der Waals surface area contributed by atoms with Crippen LogP contribution in [0.4, 0.5) is 5.82 Å². The first-order valence-electron chi connectivity index (χ1n) is 3.78. The molecule has 0 aliphatic rings. The molecule has 3 nitrogen and oxygen atoms in total. The van der Waals surface area contributed by atoms with Crippen molar-refractivity contribution in [2.75, 3.05) is 12.4 Å². The topological polar surface area (TPSA) is 37.8 Å². The minimum atomic E-state index is 0.848. The Labute approximate surface area is 70.5 Å². The standard InChI is InChI=1S/C9H9N3/c1-10-9-5-8-7(6-12-9)3-2-4-11-8/h2-6H,1H3,(H,10,12). The highest BCUT2D eigenvalue weighted by atomic mass is 14.9. The van der Waals surface area contributed by atoms with E-state index in [0.717, 1.165) is 16.7 Å². The van der Waals surface area contributed by atoms with Crippen molar-refractivity contribution >= 4 is 16.7 Å². The Morgan fingerprint density at radius 1 is 1.33 bits per heavy atom. The van der Waals surface area contributed by atoms with Gasteiger partial charge in [-0.1, -0.05) is 0 Å². The molecule has 0 aliphatic heterocycles. The van der Waals surface area contributed by atoms with Crippen molar-refractivity contribution in [2.45, 2.75) is 0 Å². The van der Waals surface area contributed by atoms with Crippen molar-refractivity contribution in [3.8, 4) is 0 Å². The Bertz CT molecular complexity index is 398. The summed E-state index contributed by atoms with van der Waals surface area (Å²) in [5.74, 6) is 0.848. The zero-order chi connectivity index (χ0) is 8.39. The van der Waals surface area contributed by atoms with E-state index >= 15 is 0 Å². The van der Waals surface area contributed by atoms with E-state index in [-0.39, 0.29) is 0 Å². The van der Waals surface area contributed by atoms with Gasteiger partial charge in [0.2, 0.25) is 0 Å². The average Bonchev–Trinajstić information content (AvgIpc) is 2.17. The minimum Gasteiger partial charge on any atom is -0.373 e. The Kier molecular flexibility index (Phi) is 1.63. The van der Waals surface area contributed by atoms with Crippen molar-refractivity contribution in [1.82, 2.24) is 9.97 Å². The summed E-state index contributed by atoms with van der Waals surface area (Å²) >= 11 is 0. The van der Waals surface area contributed by atoms with Gasteiger partial charge in [-0.2, -0.15) is 0 Å². The molecule has 2 aromatic rings. The largest absolute Gasteiger partial charge is 0.373 e. The Morgan fingerprint density at radius 2 is 2.25 bits per heavy atom. The molecule has 0 aromatic carbocycles. The molecule has 2 heterocycles. The summed E-state index contributed by atoms with van der Waals surface area (Å²) in [7, 11) is 1.84. The van der Waals surface area contributed by atoms with Crippen LogP contribution in [0, 0.1) is 0 Å². The number of pyridine rings is 2. The fraction of sp³-hybridized carbons (Fsp3) is 0.111. The molecule has 0 saturated carbocycles. The maximum absolute atomic E-state index is 4.21. The van der Waals surface area contributed by atoms with Crippen LogP contribution in [0.1, 0.15) is 0 Å². The third-order valence-electron chi connectivity index (χ3n) is 1.74. The van der Waals surface area contributed by atoms with Crippen molar-refractivity contribution < 1.29 is 0 Å². The second-order valence-electron chi connectivity index (χ2n) is 2.52. The summed E-state index contributed by atoms with van der Waals surface area (Å²) in [4.78, 5) is 8.38. The summed E-state index contributed by atoms with van der Waals surface area (Å²) < 4.78 is 0. The van der Waals surface area contributed by atoms with Gasteiger partial charge in [-0.25, -0.2) is 4.98 Å². The normalized spacial score (nSPS) is 10.1. The monoisotopic (exact) mass is 159 g/mol. The summed E-state index contributed by atoms with van der Waals surface area (Å²) in [5, 5.41) is 4.03. The van der Waals surface area contributed by atoms with Crippen LogP contribution in [0.2, 0.25) is 0 Å². The molecular weight excluding hydrogens is 150 g/mol. The Balaban J connectivity index is 2.67. The maximum Gasteiger partial charge on any atom is 0.127 e. The minimum absolute atomic E-state index is 0.848. The first kappa shape index (κ1) is 7.03. The van der Waals surface area contributed by atoms with Crippen LogP contribution in [-0.2, 0) is 0 Å².